The molecule has 0 unspecified atom stereocenters. The van der Waals surface area contributed by atoms with Crippen molar-refractivity contribution >= 4 is 35.2 Å². The minimum Gasteiger partial charge on any atom is -0.478 e. The third-order valence-electron chi connectivity index (χ3n) is 5.69. The highest BCUT2D eigenvalue weighted by Crippen LogP contribution is 2.14. The Balaban J connectivity index is 0.000000782. The van der Waals surface area contributed by atoms with E-state index in [2.05, 4.69) is 15.5 Å². The molecule has 0 spiro atoms. The summed E-state index contributed by atoms with van der Waals surface area (Å²) in [4.78, 5) is 41.5. The molecule has 0 aromatic heterocycles. The van der Waals surface area contributed by atoms with Crippen molar-refractivity contribution in [2.24, 2.45) is 4.99 Å². The van der Waals surface area contributed by atoms with Gasteiger partial charge in [0, 0.05) is 57.3 Å². The first-order valence-electron chi connectivity index (χ1n) is 12.9. The molecular formula is C27H33F4N5O6. The normalized spacial score (nSPS) is 14.0. The first-order valence-corrected chi connectivity index (χ1v) is 12.9. The number of aromatic carboxylic acids is 1. The molecule has 230 valence electrons. The molecule has 1 aliphatic heterocycles. The number of hydrogen-bond donors (Lipinski definition) is 4. The van der Waals surface area contributed by atoms with E-state index in [1.807, 2.05) is 11.8 Å². The number of guanidine groups is 1. The minimum absolute atomic E-state index is 0.154. The number of carbonyl (C=O) groups excluding carboxylic acids is 1. The number of rotatable bonds is 10. The SMILES string of the molecule is CCOCCCN=C(Nc1cccc(C(=O)O)c1)N1CCN(CC(=O)Nc2ccc(F)cc2)CC1.O=C(O)C(F)(F)F. The van der Waals surface area contributed by atoms with Crippen LogP contribution in [0.15, 0.2) is 53.5 Å². The summed E-state index contributed by atoms with van der Waals surface area (Å²) < 4.78 is 50.2. The maximum absolute atomic E-state index is 13.1. The Kier molecular flexibility index (Phi) is 13.7. The summed E-state index contributed by atoms with van der Waals surface area (Å²) in [7, 11) is 0. The van der Waals surface area contributed by atoms with Crippen LogP contribution in [-0.4, -0.2) is 102 Å². The highest BCUT2D eigenvalue weighted by molar-refractivity contribution is 5.96. The largest absolute Gasteiger partial charge is 0.490 e. The lowest BCUT2D eigenvalue weighted by molar-refractivity contribution is -0.192. The first kappa shape index (κ1) is 34.0. The van der Waals surface area contributed by atoms with Gasteiger partial charge in [0.2, 0.25) is 5.91 Å². The van der Waals surface area contributed by atoms with Gasteiger partial charge in [-0.05, 0) is 55.8 Å². The van der Waals surface area contributed by atoms with Crippen LogP contribution in [-0.2, 0) is 14.3 Å². The smallest absolute Gasteiger partial charge is 0.478 e. The molecule has 1 aliphatic rings. The van der Waals surface area contributed by atoms with Crippen molar-refractivity contribution < 1.29 is 46.9 Å². The number of aliphatic imine (C=N–C) groups is 1. The van der Waals surface area contributed by atoms with Gasteiger partial charge in [0.1, 0.15) is 5.82 Å². The van der Waals surface area contributed by atoms with Gasteiger partial charge in [-0.2, -0.15) is 13.2 Å². The van der Waals surface area contributed by atoms with Gasteiger partial charge in [0.15, 0.2) is 5.96 Å². The Morgan fingerprint density at radius 3 is 2.19 bits per heavy atom. The lowest BCUT2D eigenvalue weighted by Crippen LogP contribution is -2.52. The summed E-state index contributed by atoms with van der Waals surface area (Å²) in [5.41, 5.74) is 1.40. The summed E-state index contributed by atoms with van der Waals surface area (Å²) in [6.07, 6.45) is -4.31. The monoisotopic (exact) mass is 599 g/mol. The second-order valence-electron chi connectivity index (χ2n) is 8.89. The van der Waals surface area contributed by atoms with Gasteiger partial charge in [0.25, 0.3) is 0 Å². The Bertz CT molecular complexity index is 1200. The molecule has 0 aliphatic carbocycles. The fraction of sp³-hybridized carbons (Fsp3) is 0.407. The molecule has 0 radical (unpaired) electrons. The third kappa shape index (κ3) is 12.5. The highest BCUT2D eigenvalue weighted by Gasteiger charge is 2.38. The van der Waals surface area contributed by atoms with Gasteiger partial charge >= 0.3 is 18.1 Å². The molecule has 2 aromatic carbocycles. The van der Waals surface area contributed by atoms with Crippen molar-refractivity contribution in [3.05, 3.63) is 59.9 Å². The number of ether oxygens (including phenoxy) is 1. The number of halogens is 4. The van der Waals surface area contributed by atoms with Gasteiger partial charge in [-0.1, -0.05) is 6.07 Å². The number of carbonyl (C=O) groups is 3. The molecule has 2 aromatic rings. The lowest BCUT2D eigenvalue weighted by Gasteiger charge is -2.36. The van der Waals surface area contributed by atoms with Gasteiger partial charge in [-0.3, -0.25) is 14.7 Å². The van der Waals surface area contributed by atoms with E-state index in [1.54, 1.807) is 24.3 Å². The van der Waals surface area contributed by atoms with Crippen molar-refractivity contribution in [1.82, 2.24) is 9.80 Å². The number of hydrogen-bond acceptors (Lipinski definition) is 6. The van der Waals surface area contributed by atoms with Crippen LogP contribution in [0, 0.1) is 5.82 Å². The minimum atomic E-state index is -5.08. The molecule has 1 heterocycles. The molecule has 1 amide bonds. The molecule has 3 rings (SSSR count). The number of aliphatic carboxylic acids is 1. The maximum Gasteiger partial charge on any atom is 0.490 e. The molecule has 15 heteroatoms. The molecule has 0 bridgehead atoms. The summed E-state index contributed by atoms with van der Waals surface area (Å²) >= 11 is 0. The molecule has 11 nitrogen and oxygen atoms in total. The van der Waals surface area contributed by atoms with Crippen LogP contribution in [0.3, 0.4) is 0 Å². The zero-order valence-corrected chi connectivity index (χ0v) is 22.9. The average Bonchev–Trinajstić information content (AvgIpc) is 2.94. The van der Waals surface area contributed by atoms with E-state index in [-0.39, 0.29) is 23.8 Å². The number of benzene rings is 2. The summed E-state index contributed by atoms with van der Waals surface area (Å²) in [6.45, 7) is 6.66. The van der Waals surface area contributed by atoms with Crippen LogP contribution in [0.4, 0.5) is 28.9 Å². The summed E-state index contributed by atoms with van der Waals surface area (Å²) in [5.74, 6) is -3.58. The second kappa shape index (κ2) is 16.9. The number of anilines is 2. The maximum atomic E-state index is 13.1. The average molecular weight is 600 g/mol. The number of piperazine rings is 1. The number of alkyl halides is 3. The van der Waals surface area contributed by atoms with Crippen molar-refractivity contribution in [3.8, 4) is 0 Å². The number of nitrogens with one attached hydrogen (secondary N) is 2. The zero-order chi connectivity index (χ0) is 31.1. The standard InChI is InChI=1S/C25H32FN5O4.C2HF3O2/c1-2-35-16-4-11-27-25(29-22-6-3-5-19(17-22)24(33)34)31-14-12-30(13-15-31)18-23(32)28-21-9-7-20(26)8-10-21;3-2(4,5)1(6)7/h3,5-10,17H,2,4,11-16,18H2,1H3,(H,27,29)(H,28,32)(H,33,34);(H,6,7). The predicted molar refractivity (Wildman–Crippen MR) is 147 cm³/mol. The Morgan fingerprint density at radius 1 is 0.976 bits per heavy atom. The molecule has 1 fully saturated rings. The quantitative estimate of drug-likeness (QED) is 0.139. The van der Waals surface area contributed by atoms with Crippen molar-refractivity contribution in [1.29, 1.82) is 0 Å². The Hall–Kier alpha value is -4.24. The lowest BCUT2D eigenvalue weighted by atomic mass is 10.2. The molecule has 0 saturated carbocycles. The van der Waals surface area contributed by atoms with Gasteiger partial charge < -0.3 is 30.5 Å². The Labute approximate surface area is 239 Å². The van der Waals surface area contributed by atoms with Crippen LogP contribution in [0.1, 0.15) is 23.7 Å². The first-order chi connectivity index (χ1) is 19.9. The number of nitrogens with zero attached hydrogens (tertiary/aromatic N) is 3. The van der Waals surface area contributed by atoms with Crippen molar-refractivity contribution in [2.75, 3.05) is 63.1 Å². The van der Waals surface area contributed by atoms with E-state index >= 15 is 0 Å². The highest BCUT2D eigenvalue weighted by atomic mass is 19.4. The van der Waals surface area contributed by atoms with E-state index in [1.165, 1.54) is 24.3 Å². The zero-order valence-electron chi connectivity index (χ0n) is 22.9. The fourth-order valence-corrected chi connectivity index (χ4v) is 3.63. The van der Waals surface area contributed by atoms with E-state index in [0.29, 0.717) is 63.3 Å². The summed E-state index contributed by atoms with van der Waals surface area (Å²) in [5, 5.41) is 22.5. The van der Waals surface area contributed by atoms with E-state index in [9.17, 15) is 32.3 Å². The van der Waals surface area contributed by atoms with Crippen LogP contribution in [0.2, 0.25) is 0 Å². The number of carboxylic acid groups (broad SMARTS) is 2. The van der Waals surface area contributed by atoms with Crippen LogP contribution >= 0.6 is 0 Å². The molecule has 1 saturated heterocycles. The summed E-state index contributed by atoms with van der Waals surface area (Å²) in [6, 6.07) is 12.3. The van der Waals surface area contributed by atoms with Gasteiger partial charge in [0.05, 0.1) is 12.1 Å². The molecular weight excluding hydrogens is 566 g/mol. The van der Waals surface area contributed by atoms with Gasteiger partial charge in [-0.25, -0.2) is 14.0 Å². The number of amides is 1. The number of carboxylic acids is 2. The molecule has 0 atom stereocenters. The molecule has 4 N–H and O–H groups in total. The van der Waals surface area contributed by atoms with E-state index in [4.69, 9.17) is 19.6 Å². The van der Waals surface area contributed by atoms with Crippen LogP contribution < -0.4 is 10.6 Å². The molecule has 42 heavy (non-hydrogen) atoms. The fourth-order valence-electron chi connectivity index (χ4n) is 3.63. The van der Waals surface area contributed by atoms with Gasteiger partial charge in [-0.15, -0.1) is 0 Å². The van der Waals surface area contributed by atoms with Crippen LogP contribution in [0.25, 0.3) is 0 Å². The third-order valence-corrected chi connectivity index (χ3v) is 5.69. The van der Waals surface area contributed by atoms with E-state index in [0.717, 1.165) is 6.42 Å². The topological polar surface area (TPSA) is 144 Å². The van der Waals surface area contributed by atoms with Crippen LogP contribution in [0.5, 0.6) is 0 Å². The second-order valence-corrected chi connectivity index (χ2v) is 8.89. The van der Waals surface area contributed by atoms with E-state index < -0.39 is 18.1 Å². The van der Waals surface area contributed by atoms with Crippen molar-refractivity contribution in [2.45, 2.75) is 19.5 Å². The predicted octanol–water partition coefficient (Wildman–Crippen LogP) is 3.61. The Morgan fingerprint density at radius 2 is 1.62 bits per heavy atom. The van der Waals surface area contributed by atoms with Crippen molar-refractivity contribution in [3.63, 3.8) is 0 Å².